The van der Waals surface area contributed by atoms with Crippen molar-refractivity contribution in [3.63, 3.8) is 0 Å². The summed E-state index contributed by atoms with van der Waals surface area (Å²) in [7, 11) is 0. The van der Waals surface area contributed by atoms with E-state index in [1.807, 2.05) is 18.2 Å². The summed E-state index contributed by atoms with van der Waals surface area (Å²) in [5.74, 6) is -0.0887. The van der Waals surface area contributed by atoms with Gasteiger partial charge in [0.15, 0.2) is 0 Å². The van der Waals surface area contributed by atoms with Gasteiger partial charge in [-0.05, 0) is 18.2 Å². The predicted molar refractivity (Wildman–Crippen MR) is 71.7 cm³/mol. The van der Waals surface area contributed by atoms with Gasteiger partial charge in [0, 0.05) is 18.5 Å². The lowest BCUT2D eigenvalue weighted by Gasteiger charge is -2.10. The Morgan fingerprint density at radius 3 is 2.89 bits per heavy atom. The zero-order valence-electron chi connectivity index (χ0n) is 9.82. The topological polar surface area (TPSA) is 59.5 Å². The zero-order valence-corrected chi connectivity index (χ0v) is 10.6. The molecule has 0 radical (unpaired) electrons. The molecule has 3 aromatic rings. The summed E-state index contributed by atoms with van der Waals surface area (Å²) in [5, 5.41) is 10.2. The summed E-state index contributed by atoms with van der Waals surface area (Å²) >= 11 is 5.92. The van der Waals surface area contributed by atoms with Gasteiger partial charge in [0.25, 0.3) is 5.56 Å². The van der Waals surface area contributed by atoms with Crippen LogP contribution in [0.2, 0.25) is 5.02 Å². The molecule has 0 fully saturated rings. The van der Waals surface area contributed by atoms with E-state index in [1.54, 1.807) is 18.5 Å². The van der Waals surface area contributed by atoms with Crippen molar-refractivity contribution in [2.75, 3.05) is 0 Å². The first kappa shape index (κ1) is 11.8. The molecule has 0 aliphatic rings. The quantitative estimate of drug-likeness (QED) is 0.777. The lowest BCUT2D eigenvalue weighted by Crippen LogP contribution is -2.25. The van der Waals surface area contributed by atoms with Crippen LogP contribution in [-0.2, 0) is 6.54 Å². The summed E-state index contributed by atoms with van der Waals surface area (Å²) < 4.78 is 3.00. The van der Waals surface area contributed by atoms with Gasteiger partial charge in [-0.3, -0.25) is 14.3 Å². The lowest BCUT2D eigenvalue weighted by atomic mass is 10.3. The molecule has 3 aromatic heterocycles. The van der Waals surface area contributed by atoms with Gasteiger partial charge < -0.3 is 5.11 Å². The Labute approximate surface area is 113 Å². The summed E-state index contributed by atoms with van der Waals surface area (Å²) in [4.78, 5) is 16.2. The molecule has 96 valence electrons. The van der Waals surface area contributed by atoms with E-state index in [4.69, 9.17) is 11.6 Å². The molecule has 3 rings (SSSR count). The molecule has 0 saturated heterocycles. The number of aromatic nitrogens is 3. The molecule has 0 aliphatic carbocycles. The second kappa shape index (κ2) is 4.44. The van der Waals surface area contributed by atoms with Crippen molar-refractivity contribution in [3.05, 3.63) is 63.8 Å². The SMILES string of the molecule is O=c1cc(O)c2cc(Cl)cn2n1Cc1ccccn1. The van der Waals surface area contributed by atoms with Gasteiger partial charge in [0.05, 0.1) is 17.3 Å². The van der Waals surface area contributed by atoms with Crippen LogP contribution in [0.5, 0.6) is 5.75 Å². The normalized spacial score (nSPS) is 11.0. The fourth-order valence-corrected chi connectivity index (χ4v) is 2.18. The van der Waals surface area contributed by atoms with E-state index < -0.39 is 0 Å². The summed E-state index contributed by atoms with van der Waals surface area (Å²) in [6.45, 7) is 0.307. The number of hydrogen-bond acceptors (Lipinski definition) is 3. The number of pyridine rings is 1. The van der Waals surface area contributed by atoms with E-state index in [2.05, 4.69) is 4.98 Å². The minimum Gasteiger partial charge on any atom is -0.505 e. The van der Waals surface area contributed by atoms with E-state index in [0.29, 0.717) is 17.1 Å². The third kappa shape index (κ3) is 2.08. The lowest BCUT2D eigenvalue weighted by molar-refractivity contribution is 0.467. The van der Waals surface area contributed by atoms with Crippen LogP contribution < -0.4 is 5.56 Å². The van der Waals surface area contributed by atoms with Gasteiger partial charge in [-0.1, -0.05) is 17.7 Å². The number of aromatic hydroxyl groups is 1. The minimum absolute atomic E-state index is 0.0887. The van der Waals surface area contributed by atoms with Crippen LogP contribution in [-0.4, -0.2) is 19.3 Å². The first-order valence-electron chi connectivity index (χ1n) is 5.66. The fraction of sp³-hybridized carbons (Fsp3) is 0.0769. The van der Waals surface area contributed by atoms with Crippen LogP contribution >= 0.6 is 11.6 Å². The van der Waals surface area contributed by atoms with E-state index in [-0.39, 0.29) is 11.3 Å². The summed E-state index contributed by atoms with van der Waals surface area (Å²) in [6.07, 6.45) is 3.25. The highest BCUT2D eigenvalue weighted by atomic mass is 35.5. The van der Waals surface area contributed by atoms with Crippen molar-refractivity contribution in [2.24, 2.45) is 0 Å². The average molecular weight is 276 g/mol. The third-order valence-electron chi connectivity index (χ3n) is 2.84. The van der Waals surface area contributed by atoms with Crippen molar-refractivity contribution < 1.29 is 5.11 Å². The molecular formula is C13H10ClN3O2. The number of nitrogens with zero attached hydrogens (tertiary/aromatic N) is 3. The maximum atomic E-state index is 12.0. The van der Waals surface area contributed by atoms with Gasteiger partial charge in [-0.15, -0.1) is 0 Å². The van der Waals surface area contributed by atoms with Crippen LogP contribution in [0.3, 0.4) is 0 Å². The summed E-state index contributed by atoms with van der Waals surface area (Å²) in [5.41, 5.74) is 0.921. The average Bonchev–Trinajstić information content (AvgIpc) is 2.78. The number of halogens is 1. The number of rotatable bonds is 2. The van der Waals surface area contributed by atoms with E-state index >= 15 is 0 Å². The molecular weight excluding hydrogens is 266 g/mol. The molecule has 6 heteroatoms. The van der Waals surface area contributed by atoms with Crippen LogP contribution in [0.1, 0.15) is 5.69 Å². The van der Waals surface area contributed by atoms with Crippen molar-refractivity contribution in [1.29, 1.82) is 0 Å². The third-order valence-corrected chi connectivity index (χ3v) is 3.05. The Morgan fingerprint density at radius 2 is 2.16 bits per heavy atom. The molecule has 0 spiro atoms. The van der Waals surface area contributed by atoms with Crippen LogP contribution in [0.15, 0.2) is 47.5 Å². The van der Waals surface area contributed by atoms with Crippen molar-refractivity contribution in [2.45, 2.75) is 6.54 Å². The largest absolute Gasteiger partial charge is 0.505 e. The predicted octanol–water partition coefficient (Wildman–Crippen LogP) is 1.90. The molecule has 0 aromatic carbocycles. The molecule has 0 bridgehead atoms. The first-order chi connectivity index (χ1) is 9.15. The van der Waals surface area contributed by atoms with Crippen LogP contribution in [0.25, 0.3) is 5.52 Å². The highest BCUT2D eigenvalue weighted by Gasteiger charge is 2.10. The smallest absolute Gasteiger partial charge is 0.269 e. The van der Waals surface area contributed by atoms with Crippen molar-refractivity contribution in [1.82, 2.24) is 14.2 Å². The van der Waals surface area contributed by atoms with E-state index in [9.17, 15) is 9.90 Å². The van der Waals surface area contributed by atoms with E-state index in [0.717, 1.165) is 5.69 Å². The minimum atomic E-state index is -0.317. The summed E-state index contributed by atoms with van der Waals surface area (Å²) in [6, 6.07) is 8.27. The monoisotopic (exact) mass is 275 g/mol. The maximum absolute atomic E-state index is 12.0. The van der Waals surface area contributed by atoms with Crippen molar-refractivity contribution >= 4 is 17.1 Å². The van der Waals surface area contributed by atoms with Crippen molar-refractivity contribution in [3.8, 4) is 5.75 Å². The van der Waals surface area contributed by atoms with Gasteiger partial charge in [0.1, 0.15) is 11.3 Å². The highest BCUT2D eigenvalue weighted by molar-refractivity contribution is 6.31. The fourth-order valence-electron chi connectivity index (χ4n) is 1.98. The van der Waals surface area contributed by atoms with Gasteiger partial charge in [-0.25, -0.2) is 4.68 Å². The molecule has 1 N–H and O–H groups in total. The molecule has 0 aliphatic heterocycles. The Balaban J connectivity index is 2.20. The zero-order chi connectivity index (χ0) is 13.4. The number of hydrogen-bond donors (Lipinski definition) is 1. The van der Waals surface area contributed by atoms with Crippen LogP contribution in [0, 0.1) is 0 Å². The Hall–Kier alpha value is -2.27. The Morgan fingerprint density at radius 1 is 1.32 bits per heavy atom. The number of fused-ring (bicyclic) bond motifs is 1. The standard InChI is InChI=1S/C13H10ClN3O2/c14-9-5-11-12(18)6-13(19)17(16(11)7-9)8-10-3-1-2-4-15-10/h1-7,18H,8H2. The molecule has 0 atom stereocenters. The van der Waals surface area contributed by atoms with E-state index in [1.165, 1.54) is 15.3 Å². The van der Waals surface area contributed by atoms with Gasteiger partial charge >= 0.3 is 0 Å². The second-order valence-electron chi connectivity index (χ2n) is 4.13. The molecule has 0 saturated carbocycles. The Kier molecular flexibility index (Phi) is 2.76. The molecule has 0 unspecified atom stereocenters. The Bertz CT molecular complexity index is 793. The molecule has 5 nitrogen and oxygen atoms in total. The van der Waals surface area contributed by atoms with Gasteiger partial charge in [0.2, 0.25) is 0 Å². The first-order valence-corrected chi connectivity index (χ1v) is 6.03. The van der Waals surface area contributed by atoms with Crippen LogP contribution in [0.4, 0.5) is 0 Å². The molecule has 19 heavy (non-hydrogen) atoms. The highest BCUT2D eigenvalue weighted by Crippen LogP contribution is 2.21. The van der Waals surface area contributed by atoms with Gasteiger partial charge in [-0.2, -0.15) is 0 Å². The molecule has 0 amide bonds. The maximum Gasteiger partial charge on any atom is 0.269 e. The molecule has 3 heterocycles. The second-order valence-corrected chi connectivity index (χ2v) is 4.57.